The monoisotopic (exact) mass is 187 g/mol. The normalized spacial score (nSPS) is 13.2. The van der Waals surface area contributed by atoms with Gasteiger partial charge in [0.25, 0.3) is 0 Å². The fraction of sp³-hybridized carbons (Fsp3) is 0.571. The van der Waals surface area contributed by atoms with Crippen LogP contribution in [0.5, 0.6) is 0 Å². The minimum atomic E-state index is -0.767. The van der Waals surface area contributed by atoms with Crippen LogP contribution in [0.15, 0.2) is 6.20 Å². The van der Waals surface area contributed by atoms with Crippen LogP contribution in [0, 0.1) is 6.92 Å². The highest BCUT2D eigenvalue weighted by molar-refractivity contribution is 7.84. The van der Waals surface area contributed by atoms with Crippen molar-refractivity contribution in [3.63, 3.8) is 0 Å². The standard InChI is InChI=1S/C7H13N3OS/c1-6-7(8)5-9-10(6)3-4-12(2)11/h5H,3-4,8H2,1-2H3. The van der Waals surface area contributed by atoms with Gasteiger partial charge in [0.1, 0.15) is 0 Å². The van der Waals surface area contributed by atoms with E-state index in [0.29, 0.717) is 18.0 Å². The van der Waals surface area contributed by atoms with Crippen LogP contribution >= 0.6 is 0 Å². The molecule has 0 bridgehead atoms. The lowest BCUT2D eigenvalue weighted by atomic mass is 10.4. The first-order valence-electron chi connectivity index (χ1n) is 3.69. The molecule has 0 saturated carbocycles. The van der Waals surface area contributed by atoms with Crippen LogP contribution < -0.4 is 5.73 Å². The van der Waals surface area contributed by atoms with Crippen molar-refractivity contribution in [3.05, 3.63) is 11.9 Å². The molecule has 1 rings (SSSR count). The van der Waals surface area contributed by atoms with Gasteiger partial charge < -0.3 is 5.73 Å². The third-order valence-electron chi connectivity index (χ3n) is 1.73. The Morgan fingerprint density at radius 2 is 2.42 bits per heavy atom. The average Bonchev–Trinajstić information content (AvgIpc) is 2.30. The second-order valence-electron chi connectivity index (χ2n) is 2.69. The number of hydrogen-bond acceptors (Lipinski definition) is 3. The van der Waals surface area contributed by atoms with Crippen molar-refractivity contribution in [3.8, 4) is 0 Å². The summed E-state index contributed by atoms with van der Waals surface area (Å²) in [6, 6.07) is 0. The van der Waals surface area contributed by atoms with E-state index in [9.17, 15) is 4.21 Å². The molecule has 0 spiro atoms. The minimum absolute atomic E-state index is 0.627. The largest absolute Gasteiger partial charge is 0.396 e. The highest BCUT2D eigenvalue weighted by Crippen LogP contribution is 2.07. The van der Waals surface area contributed by atoms with Gasteiger partial charge in [-0.1, -0.05) is 0 Å². The summed E-state index contributed by atoms with van der Waals surface area (Å²) in [5.41, 5.74) is 7.22. The van der Waals surface area contributed by atoms with Gasteiger partial charge in [-0.25, -0.2) is 0 Å². The molecular formula is C7H13N3OS. The smallest absolute Gasteiger partial charge is 0.0730 e. The van der Waals surface area contributed by atoms with Crippen molar-refractivity contribution >= 4 is 16.5 Å². The maximum atomic E-state index is 10.8. The predicted octanol–water partition coefficient (Wildman–Crippen LogP) is 0.152. The number of aryl methyl sites for hydroxylation is 1. The van der Waals surface area contributed by atoms with Crippen molar-refractivity contribution < 1.29 is 4.21 Å². The first kappa shape index (κ1) is 9.25. The number of anilines is 1. The van der Waals surface area contributed by atoms with E-state index >= 15 is 0 Å². The molecule has 2 N–H and O–H groups in total. The fourth-order valence-electron chi connectivity index (χ4n) is 0.901. The van der Waals surface area contributed by atoms with Gasteiger partial charge in [-0.2, -0.15) is 5.10 Å². The van der Waals surface area contributed by atoms with Crippen molar-refractivity contribution in [1.82, 2.24) is 9.78 Å². The van der Waals surface area contributed by atoms with E-state index < -0.39 is 10.8 Å². The van der Waals surface area contributed by atoms with Gasteiger partial charge >= 0.3 is 0 Å². The molecule has 0 aliphatic carbocycles. The fourth-order valence-corrected chi connectivity index (χ4v) is 1.33. The van der Waals surface area contributed by atoms with Gasteiger partial charge in [0.2, 0.25) is 0 Å². The zero-order valence-electron chi connectivity index (χ0n) is 7.28. The zero-order chi connectivity index (χ0) is 9.14. The molecule has 4 nitrogen and oxygen atoms in total. The Bertz CT molecular complexity index is 295. The highest BCUT2D eigenvalue weighted by atomic mass is 32.2. The molecule has 0 fully saturated rings. The molecule has 12 heavy (non-hydrogen) atoms. The Kier molecular flexibility index (Phi) is 2.86. The molecule has 1 aromatic rings. The number of nitrogen functional groups attached to an aromatic ring is 1. The average molecular weight is 187 g/mol. The van der Waals surface area contributed by atoms with E-state index in [2.05, 4.69) is 5.10 Å². The summed E-state index contributed by atoms with van der Waals surface area (Å²) in [5, 5.41) is 4.04. The van der Waals surface area contributed by atoms with E-state index in [-0.39, 0.29) is 0 Å². The van der Waals surface area contributed by atoms with Crippen LogP contribution in [-0.2, 0) is 17.3 Å². The van der Waals surface area contributed by atoms with E-state index in [1.54, 1.807) is 17.1 Å². The molecule has 5 heteroatoms. The summed E-state index contributed by atoms with van der Waals surface area (Å²) in [4.78, 5) is 0. The van der Waals surface area contributed by atoms with Crippen LogP contribution in [0.25, 0.3) is 0 Å². The summed E-state index contributed by atoms with van der Waals surface area (Å²) in [5.74, 6) is 0.627. The minimum Gasteiger partial charge on any atom is -0.396 e. The van der Waals surface area contributed by atoms with E-state index in [1.165, 1.54) is 0 Å². The maximum Gasteiger partial charge on any atom is 0.0730 e. The van der Waals surface area contributed by atoms with Gasteiger partial charge in [0.15, 0.2) is 0 Å². The van der Waals surface area contributed by atoms with Gasteiger partial charge in [0.05, 0.1) is 24.1 Å². The second-order valence-corrected chi connectivity index (χ2v) is 4.24. The van der Waals surface area contributed by atoms with Crippen LogP contribution in [0.2, 0.25) is 0 Å². The quantitative estimate of drug-likeness (QED) is 0.733. The highest BCUT2D eigenvalue weighted by Gasteiger charge is 2.02. The SMILES string of the molecule is Cc1c(N)cnn1CCS(C)=O. The number of rotatable bonds is 3. The molecule has 0 amide bonds. The lowest BCUT2D eigenvalue weighted by molar-refractivity contribution is 0.632. The topological polar surface area (TPSA) is 60.9 Å². The number of aromatic nitrogens is 2. The van der Waals surface area contributed by atoms with E-state index in [1.807, 2.05) is 6.92 Å². The Morgan fingerprint density at radius 3 is 2.83 bits per heavy atom. The third-order valence-corrected chi connectivity index (χ3v) is 2.49. The van der Waals surface area contributed by atoms with Crippen LogP contribution in [0.4, 0.5) is 5.69 Å². The summed E-state index contributed by atoms with van der Waals surface area (Å²) >= 11 is 0. The van der Waals surface area contributed by atoms with Crippen molar-refractivity contribution in [1.29, 1.82) is 0 Å². The molecular weight excluding hydrogens is 174 g/mol. The van der Waals surface area contributed by atoms with Crippen molar-refractivity contribution in [2.45, 2.75) is 13.5 Å². The Morgan fingerprint density at radius 1 is 1.75 bits per heavy atom. The molecule has 1 heterocycles. The van der Waals surface area contributed by atoms with E-state index in [4.69, 9.17) is 5.73 Å². The summed E-state index contributed by atoms with van der Waals surface area (Å²) < 4.78 is 12.5. The lowest BCUT2D eigenvalue weighted by Gasteiger charge is -2.01. The van der Waals surface area contributed by atoms with Gasteiger partial charge in [-0.15, -0.1) is 0 Å². The molecule has 0 aromatic carbocycles. The van der Waals surface area contributed by atoms with E-state index in [0.717, 1.165) is 5.69 Å². The Balaban J connectivity index is 2.63. The number of nitrogens with zero attached hydrogens (tertiary/aromatic N) is 2. The molecule has 0 saturated heterocycles. The summed E-state index contributed by atoms with van der Waals surface area (Å²) in [7, 11) is -0.767. The van der Waals surface area contributed by atoms with Crippen molar-refractivity contribution in [2.75, 3.05) is 17.7 Å². The molecule has 0 radical (unpaired) electrons. The van der Waals surface area contributed by atoms with Crippen LogP contribution in [-0.4, -0.2) is 26.0 Å². The molecule has 1 atom stereocenters. The predicted molar refractivity (Wildman–Crippen MR) is 50.3 cm³/mol. The van der Waals surface area contributed by atoms with Crippen LogP contribution in [0.1, 0.15) is 5.69 Å². The molecule has 0 aliphatic heterocycles. The van der Waals surface area contributed by atoms with Gasteiger partial charge in [-0.3, -0.25) is 8.89 Å². The molecule has 1 aromatic heterocycles. The maximum absolute atomic E-state index is 10.8. The van der Waals surface area contributed by atoms with Crippen LogP contribution in [0.3, 0.4) is 0 Å². The van der Waals surface area contributed by atoms with Gasteiger partial charge in [0, 0.05) is 22.8 Å². The summed E-state index contributed by atoms with van der Waals surface area (Å²) in [6.45, 7) is 2.58. The van der Waals surface area contributed by atoms with Crippen molar-refractivity contribution in [2.24, 2.45) is 0 Å². The molecule has 1 unspecified atom stereocenters. The van der Waals surface area contributed by atoms with Gasteiger partial charge in [-0.05, 0) is 6.92 Å². The molecule has 0 aliphatic rings. The third kappa shape index (κ3) is 2.07. The number of hydrogen-bond donors (Lipinski definition) is 1. The Hall–Kier alpha value is -0.840. The first-order chi connectivity index (χ1) is 5.61. The lowest BCUT2D eigenvalue weighted by Crippen LogP contribution is -2.09. The first-order valence-corrected chi connectivity index (χ1v) is 5.42. The second kappa shape index (κ2) is 3.71. The number of nitrogens with two attached hydrogens (primary N) is 1. The molecule has 68 valence electrons. The Labute approximate surface area is 74.2 Å². The zero-order valence-corrected chi connectivity index (χ0v) is 8.10. The summed E-state index contributed by atoms with van der Waals surface area (Å²) in [6.07, 6.45) is 3.30.